The second-order valence-electron chi connectivity index (χ2n) is 6.21. The molecule has 0 atom stereocenters. The normalized spacial score (nSPS) is 13.8. The fraction of sp³-hybridized carbons (Fsp3) is 0.389. The first-order valence-corrected chi connectivity index (χ1v) is 9.49. The lowest BCUT2D eigenvalue weighted by Gasteiger charge is -2.12. The topological polar surface area (TPSA) is 64.7 Å². The van der Waals surface area contributed by atoms with Crippen LogP contribution in [0.3, 0.4) is 0 Å². The standard InChI is InChI=1S/C18H21N5OS/c1-3-10-23-17(24)15-12-7-5-6-8-13(12)25-16(15)20-18(23)19-14-9-11-22(4-2)21-14/h3,9,11H,1,4-8,10H2,2H3,(H,19,20,21). The van der Waals surface area contributed by atoms with E-state index in [1.54, 1.807) is 22.0 Å². The maximum Gasteiger partial charge on any atom is 0.264 e. The number of aryl methyl sites for hydroxylation is 3. The van der Waals surface area contributed by atoms with Gasteiger partial charge in [0.1, 0.15) is 4.83 Å². The lowest BCUT2D eigenvalue weighted by Crippen LogP contribution is -2.24. The Labute approximate surface area is 149 Å². The van der Waals surface area contributed by atoms with E-state index in [-0.39, 0.29) is 5.56 Å². The minimum Gasteiger partial charge on any atom is -0.309 e. The summed E-state index contributed by atoms with van der Waals surface area (Å²) < 4.78 is 3.49. The van der Waals surface area contributed by atoms with Crippen LogP contribution in [0.4, 0.5) is 11.8 Å². The lowest BCUT2D eigenvalue weighted by molar-refractivity contribution is 0.661. The van der Waals surface area contributed by atoms with Crippen LogP contribution in [0.15, 0.2) is 29.7 Å². The monoisotopic (exact) mass is 355 g/mol. The maximum absolute atomic E-state index is 13.1. The Kier molecular flexibility index (Phi) is 4.17. The average molecular weight is 355 g/mol. The van der Waals surface area contributed by atoms with Crippen LogP contribution >= 0.6 is 11.3 Å². The molecule has 4 rings (SSSR count). The molecule has 0 aliphatic heterocycles. The maximum atomic E-state index is 13.1. The third kappa shape index (κ3) is 2.78. The smallest absolute Gasteiger partial charge is 0.264 e. The molecule has 3 aromatic heterocycles. The third-order valence-electron chi connectivity index (χ3n) is 4.59. The zero-order valence-corrected chi connectivity index (χ0v) is 15.1. The summed E-state index contributed by atoms with van der Waals surface area (Å²) in [6, 6.07) is 1.89. The summed E-state index contributed by atoms with van der Waals surface area (Å²) in [5.74, 6) is 1.21. The molecular formula is C18H21N5OS. The fourth-order valence-electron chi connectivity index (χ4n) is 3.35. The molecule has 0 saturated heterocycles. The molecule has 3 aromatic rings. The first-order chi connectivity index (χ1) is 12.2. The number of thiophene rings is 1. The largest absolute Gasteiger partial charge is 0.309 e. The highest BCUT2D eigenvalue weighted by atomic mass is 32.1. The van der Waals surface area contributed by atoms with Crippen LogP contribution < -0.4 is 10.9 Å². The zero-order chi connectivity index (χ0) is 17.4. The van der Waals surface area contributed by atoms with Crippen molar-refractivity contribution in [1.29, 1.82) is 0 Å². The Morgan fingerprint density at radius 1 is 1.40 bits per heavy atom. The summed E-state index contributed by atoms with van der Waals surface area (Å²) >= 11 is 1.66. The number of aromatic nitrogens is 4. The van der Waals surface area contributed by atoms with E-state index in [1.165, 1.54) is 16.9 Å². The molecule has 0 spiro atoms. The second kappa shape index (κ2) is 6.48. The van der Waals surface area contributed by atoms with Crippen LogP contribution in [0, 0.1) is 0 Å². The Bertz CT molecular complexity index is 997. The van der Waals surface area contributed by atoms with E-state index in [1.807, 2.05) is 23.9 Å². The Morgan fingerprint density at radius 3 is 3.00 bits per heavy atom. The van der Waals surface area contributed by atoms with Crippen molar-refractivity contribution in [2.75, 3.05) is 5.32 Å². The van der Waals surface area contributed by atoms with Gasteiger partial charge in [-0.3, -0.25) is 14.0 Å². The number of nitrogens with one attached hydrogen (secondary N) is 1. The fourth-order valence-corrected chi connectivity index (χ4v) is 4.60. The van der Waals surface area contributed by atoms with Gasteiger partial charge >= 0.3 is 0 Å². The van der Waals surface area contributed by atoms with Gasteiger partial charge in [0.05, 0.1) is 5.39 Å². The summed E-state index contributed by atoms with van der Waals surface area (Å²) in [6.45, 7) is 7.03. The highest BCUT2D eigenvalue weighted by Gasteiger charge is 2.22. The van der Waals surface area contributed by atoms with Crippen LogP contribution in [0.2, 0.25) is 0 Å². The van der Waals surface area contributed by atoms with E-state index in [0.717, 1.165) is 36.0 Å². The average Bonchev–Trinajstić information content (AvgIpc) is 3.22. The van der Waals surface area contributed by atoms with Crippen molar-refractivity contribution in [1.82, 2.24) is 19.3 Å². The lowest BCUT2D eigenvalue weighted by atomic mass is 9.97. The van der Waals surface area contributed by atoms with E-state index in [4.69, 9.17) is 4.98 Å². The molecule has 0 saturated carbocycles. The van der Waals surface area contributed by atoms with E-state index < -0.39 is 0 Å². The first-order valence-electron chi connectivity index (χ1n) is 8.67. The van der Waals surface area contributed by atoms with Crippen molar-refractivity contribution in [3.63, 3.8) is 0 Å². The van der Waals surface area contributed by atoms with Gasteiger partial charge in [0.15, 0.2) is 5.82 Å². The molecule has 0 aromatic carbocycles. The number of hydrogen-bond acceptors (Lipinski definition) is 5. The molecule has 130 valence electrons. The number of rotatable bonds is 5. The molecular weight excluding hydrogens is 334 g/mol. The van der Waals surface area contributed by atoms with Crippen molar-refractivity contribution in [3.05, 3.63) is 45.7 Å². The number of anilines is 2. The second-order valence-corrected chi connectivity index (χ2v) is 7.30. The number of nitrogens with zero attached hydrogens (tertiary/aromatic N) is 4. The van der Waals surface area contributed by atoms with Gasteiger partial charge in [-0.1, -0.05) is 6.08 Å². The van der Waals surface area contributed by atoms with Gasteiger partial charge in [-0.05, 0) is 38.2 Å². The number of allylic oxidation sites excluding steroid dienone is 1. The molecule has 1 N–H and O–H groups in total. The molecule has 0 unspecified atom stereocenters. The van der Waals surface area contributed by atoms with Gasteiger partial charge in [-0.15, -0.1) is 17.9 Å². The van der Waals surface area contributed by atoms with E-state index in [9.17, 15) is 4.79 Å². The van der Waals surface area contributed by atoms with Gasteiger partial charge in [0.25, 0.3) is 5.56 Å². The summed E-state index contributed by atoms with van der Waals surface area (Å²) in [5.41, 5.74) is 1.23. The van der Waals surface area contributed by atoms with Crippen LogP contribution in [-0.4, -0.2) is 19.3 Å². The highest BCUT2D eigenvalue weighted by Crippen LogP contribution is 2.34. The van der Waals surface area contributed by atoms with Gasteiger partial charge in [0, 0.05) is 30.2 Å². The Balaban J connectivity index is 1.86. The van der Waals surface area contributed by atoms with E-state index in [0.29, 0.717) is 18.3 Å². The molecule has 6 nitrogen and oxygen atoms in total. The van der Waals surface area contributed by atoms with Crippen LogP contribution in [0.5, 0.6) is 0 Å². The van der Waals surface area contributed by atoms with Crippen molar-refractivity contribution >= 4 is 33.3 Å². The molecule has 7 heteroatoms. The molecule has 1 aliphatic rings. The summed E-state index contributed by atoms with van der Waals surface area (Å²) in [4.78, 5) is 20.1. The summed E-state index contributed by atoms with van der Waals surface area (Å²) in [6.07, 6.45) is 8.01. The first kappa shape index (κ1) is 16.1. The van der Waals surface area contributed by atoms with E-state index >= 15 is 0 Å². The van der Waals surface area contributed by atoms with E-state index in [2.05, 4.69) is 17.0 Å². The summed E-state index contributed by atoms with van der Waals surface area (Å²) in [7, 11) is 0. The molecule has 0 bridgehead atoms. The van der Waals surface area contributed by atoms with Crippen molar-refractivity contribution < 1.29 is 0 Å². The van der Waals surface area contributed by atoms with Gasteiger partial charge in [0.2, 0.25) is 5.95 Å². The molecule has 1 aliphatic carbocycles. The summed E-state index contributed by atoms with van der Waals surface area (Å²) in [5, 5.41) is 8.43. The predicted molar refractivity (Wildman–Crippen MR) is 102 cm³/mol. The molecule has 25 heavy (non-hydrogen) atoms. The van der Waals surface area contributed by atoms with Gasteiger partial charge in [-0.25, -0.2) is 4.98 Å². The van der Waals surface area contributed by atoms with Gasteiger partial charge < -0.3 is 5.32 Å². The quantitative estimate of drug-likeness (QED) is 0.712. The molecule has 3 heterocycles. The molecule has 0 radical (unpaired) electrons. The number of hydrogen-bond donors (Lipinski definition) is 1. The van der Waals surface area contributed by atoms with Crippen molar-refractivity contribution in [3.8, 4) is 0 Å². The van der Waals surface area contributed by atoms with Crippen LogP contribution in [0.25, 0.3) is 10.2 Å². The Hall–Kier alpha value is -2.41. The minimum absolute atomic E-state index is 0.0155. The van der Waals surface area contributed by atoms with Gasteiger partial charge in [-0.2, -0.15) is 5.10 Å². The SMILES string of the molecule is C=CCn1c(Nc2ccn(CC)n2)nc2sc3c(c2c1=O)CCCC3. The van der Waals surface area contributed by atoms with Crippen LogP contribution in [0.1, 0.15) is 30.2 Å². The predicted octanol–water partition coefficient (Wildman–Crippen LogP) is 3.48. The zero-order valence-electron chi connectivity index (χ0n) is 14.3. The highest BCUT2D eigenvalue weighted by molar-refractivity contribution is 7.18. The Morgan fingerprint density at radius 2 is 2.24 bits per heavy atom. The molecule has 0 amide bonds. The minimum atomic E-state index is 0.0155. The van der Waals surface area contributed by atoms with Crippen molar-refractivity contribution in [2.24, 2.45) is 0 Å². The third-order valence-corrected chi connectivity index (χ3v) is 5.78. The van der Waals surface area contributed by atoms with Crippen molar-refractivity contribution in [2.45, 2.75) is 45.7 Å². The molecule has 0 fully saturated rings. The van der Waals surface area contributed by atoms with Crippen LogP contribution in [-0.2, 0) is 25.9 Å². The number of fused-ring (bicyclic) bond motifs is 3.